The molecule has 4 heteroatoms. The first kappa shape index (κ1) is 11.6. The van der Waals surface area contributed by atoms with Gasteiger partial charge in [0.15, 0.2) is 11.2 Å². The van der Waals surface area contributed by atoms with Crippen molar-refractivity contribution < 1.29 is 9.15 Å². The van der Waals surface area contributed by atoms with Crippen molar-refractivity contribution in [2.75, 3.05) is 5.73 Å². The zero-order valence-corrected chi connectivity index (χ0v) is 10.3. The molecule has 0 spiro atoms. The second-order valence-corrected chi connectivity index (χ2v) is 4.37. The average Bonchev–Trinajstić information content (AvgIpc) is 2.42. The van der Waals surface area contributed by atoms with Crippen LogP contribution >= 0.6 is 0 Å². The summed E-state index contributed by atoms with van der Waals surface area (Å²) >= 11 is 0. The van der Waals surface area contributed by atoms with Gasteiger partial charge in [-0.2, -0.15) is 0 Å². The maximum Gasteiger partial charge on any atom is 0.192 e. The number of anilines is 1. The lowest BCUT2D eigenvalue weighted by Crippen LogP contribution is -2.03. The van der Waals surface area contributed by atoms with E-state index >= 15 is 0 Å². The van der Waals surface area contributed by atoms with E-state index in [2.05, 4.69) is 6.08 Å². The predicted octanol–water partition coefficient (Wildman–Crippen LogP) is 2.99. The smallest absolute Gasteiger partial charge is 0.192 e. The van der Waals surface area contributed by atoms with Crippen LogP contribution in [0, 0.1) is 0 Å². The molecule has 0 saturated carbocycles. The molecule has 1 heterocycles. The van der Waals surface area contributed by atoms with Crippen LogP contribution in [0.25, 0.3) is 11.0 Å². The van der Waals surface area contributed by atoms with Gasteiger partial charge in [-0.15, -0.1) is 0 Å². The largest absolute Gasteiger partial charge is 0.464 e. The summed E-state index contributed by atoms with van der Waals surface area (Å²) in [4.78, 5) is 11.8. The molecule has 1 aromatic heterocycles. The second-order valence-electron chi connectivity index (χ2n) is 4.37. The second kappa shape index (κ2) is 4.65. The Morgan fingerprint density at radius 2 is 2.21 bits per heavy atom. The monoisotopic (exact) mass is 255 g/mol. The minimum absolute atomic E-state index is 0.108. The van der Waals surface area contributed by atoms with Crippen LogP contribution in [-0.2, 0) is 0 Å². The summed E-state index contributed by atoms with van der Waals surface area (Å²) in [7, 11) is 0. The van der Waals surface area contributed by atoms with Gasteiger partial charge >= 0.3 is 0 Å². The van der Waals surface area contributed by atoms with Gasteiger partial charge in [0.1, 0.15) is 11.3 Å². The van der Waals surface area contributed by atoms with Gasteiger partial charge < -0.3 is 14.9 Å². The molecule has 0 saturated heterocycles. The van der Waals surface area contributed by atoms with Gasteiger partial charge in [0.25, 0.3) is 0 Å². The van der Waals surface area contributed by atoms with Crippen LogP contribution < -0.4 is 15.9 Å². The third-order valence-electron chi connectivity index (χ3n) is 3.01. The van der Waals surface area contributed by atoms with E-state index in [0.717, 1.165) is 18.6 Å². The molecule has 2 N–H and O–H groups in total. The van der Waals surface area contributed by atoms with Gasteiger partial charge in [0.2, 0.25) is 0 Å². The Morgan fingerprint density at radius 3 is 3.00 bits per heavy atom. The number of fused-ring (bicyclic) bond motifs is 1. The number of hydrogen-bond donors (Lipinski definition) is 1. The zero-order valence-electron chi connectivity index (χ0n) is 10.3. The van der Waals surface area contributed by atoms with Crippen molar-refractivity contribution in [2.45, 2.75) is 12.8 Å². The van der Waals surface area contributed by atoms with E-state index in [-0.39, 0.29) is 5.43 Å². The van der Waals surface area contributed by atoms with Crippen LogP contribution in [0.15, 0.2) is 57.7 Å². The highest BCUT2D eigenvalue weighted by molar-refractivity contribution is 5.83. The zero-order chi connectivity index (χ0) is 13.2. The van der Waals surface area contributed by atoms with Gasteiger partial charge in [-0.05, 0) is 18.6 Å². The Bertz CT molecular complexity index is 741. The summed E-state index contributed by atoms with van der Waals surface area (Å²) in [5.74, 6) is 1.33. The molecule has 0 amide bonds. The van der Waals surface area contributed by atoms with E-state index in [4.69, 9.17) is 14.9 Å². The number of hydrogen-bond acceptors (Lipinski definition) is 4. The van der Waals surface area contributed by atoms with E-state index in [1.54, 1.807) is 12.1 Å². The van der Waals surface area contributed by atoms with Crippen LogP contribution in [0.3, 0.4) is 0 Å². The lowest BCUT2D eigenvalue weighted by atomic mass is 10.1. The minimum Gasteiger partial charge on any atom is -0.464 e. The topological polar surface area (TPSA) is 65.5 Å². The van der Waals surface area contributed by atoms with Crippen molar-refractivity contribution in [3.63, 3.8) is 0 Å². The maximum absolute atomic E-state index is 11.8. The molecule has 1 aliphatic rings. The van der Waals surface area contributed by atoms with Crippen LogP contribution in [0.2, 0.25) is 0 Å². The third-order valence-corrected chi connectivity index (χ3v) is 3.01. The van der Waals surface area contributed by atoms with Gasteiger partial charge in [-0.3, -0.25) is 4.79 Å². The summed E-state index contributed by atoms with van der Waals surface area (Å²) in [6, 6.07) is 4.63. The number of nitrogens with two attached hydrogens (primary N) is 1. The summed E-state index contributed by atoms with van der Waals surface area (Å²) < 4.78 is 11.0. The molecule has 0 radical (unpaired) electrons. The first-order valence-corrected chi connectivity index (χ1v) is 6.08. The fourth-order valence-electron chi connectivity index (χ4n) is 2.02. The number of rotatable bonds is 2. The van der Waals surface area contributed by atoms with Crippen LogP contribution in [-0.4, -0.2) is 0 Å². The molecule has 1 aliphatic carbocycles. The Kier molecular flexibility index (Phi) is 2.83. The van der Waals surface area contributed by atoms with Crippen LogP contribution in [0.5, 0.6) is 5.75 Å². The van der Waals surface area contributed by atoms with Crippen molar-refractivity contribution in [2.24, 2.45) is 0 Å². The van der Waals surface area contributed by atoms with Gasteiger partial charge in [-0.1, -0.05) is 12.2 Å². The normalized spacial score (nSPS) is 14.4. The highest BCUT2D eigenvalue weighted by atomic mass is 16.5. The molecule has 4 nitrogen and oxygen atoms in total. The van der Waals surface area contributed by atoms with Crippen LogP contribution in [0.4, 0.5) is 5.69 Å². The lowest BCUT2D eigenvalue weighted by molar-refractivity contribution is 0.405. The molecule has 0 atom stereocenters. The molecule has 2 aromatic rings. The number of allylic oxidation sites excluding steroid dienone is 4. The molecule has 1 aromatic carbocycles. The molecule has 3 rings (SSSR count). The maximum atomic E-state index is 11.8. The van der Waals surface area contributed by atoms with Crippen molar-refractivity contribution in [1.29, 1.82) is 0 Å². The molecule has 0 unspecified atom stereocenters. The van der Waals surface area contributed by atoms with Crippen LogP contribution in [0.1, 0.15) is 12.8 Å². The highest BCUT2D eigenvalue weighted by Gasteiger charge is 2.10. The average molecular weight is 255 g/mol. The molecule has 0 fully saturated rings. The molecule has 96 valence electrons. The van der Waals surface area contributed by atoms with E-state index < -0.39 is 0 Å². The lowest BCUT2D eigenvalue weighted by Gasteiger charge is -2.13. The number of benzene rings is 1. The highest BCUT2D eigenvalue weighted by Crippen LogP contribution is 2.29. The molecule has 19 heavy (non-hydrogen) atoms. The number of ether oxygens (including phenoxy) is 1. The fourth-order valence-corrected chi connectivity index (χ4v) is 2.02. The quantitative estimate of drug-likeness (QED) is 0.838. The standard InChI is InChI=1S/C15H13NO3/c16-12-9-14-11(13(17)6-7-18-14)8-15(12)19-10-4-2-1-3-5-10/h1-2,4,6-9H,3,5,16H2. The molecule has 0 aliphatic heterocycles. The molecular weight excluding hydrogens is 242 g/mol. The predicted molar refractivity (Wildman–Crippen MR) is 74.0 cm³/mol. The molecular formula is C15H13NO3. The Hall–Kier alpha value is -2.49. The van der Waals surface area contributed by atoms with Crippen molar-refractivity contribution in [3.8, 4) is 5.75 Å². The Labute approximate surface area is 109 Å². The first-order chi connectivity index (χ1) is 9.24. The van der Waals surface area contributed by atoms with Gasteiger partial charge in [-0.25, -0.2) is 0 Å². The van der Waals surface area contributed by atoms with E-state index in [1.165, 1.54) is 12.3 Å². The van der Waals surface area contributed by atoms with Crippen molar-refractivity contribution in [3.05, 3.63) is 58.7 Å². The van der Waals surface area contributed by atoms with E-state index in [0.29, 0.717) is 22.4 Å². The summed E-state index contributed by atoms with van der Waals surface area (Å²) in [6.45, 7) is 0. The first-order valence-electron chi connectivity index (χ1n) is 6.08. The summed E-state index contributed by atoms with van der Waals surface area (Å²) in [5, 5.41) is 0.471. The number of nitrogen functional groups attached to an aromatic ring is 1. The SMILES string of the molecule is Nc1cc2occc(=O)c2cc1OC1=CC=CCC1. The Morgan fingerprint density at radius 1 is 1.32 bits per heavy atom. The molecule has 0 bridgehead atoms. The van der Waals surface area contributed by atoms with E-state index in [9.17, 15) is 4.79 Å². The Balaban J connectivity index is 2.06. The minimum atomic E-state index is -0.108. The fraction of sp³-hybridized carbons (Fsp3) is 0.133. The van der Waals surface area contributed by atoms with Gasteiger partial charge in [0.05, 0.1) is 17.3 Å². The van der Waals surface area contributed by atoms with Crippen molar-refractivity contribution in [1.82, 2.24) is 0 Å². The summed E-state index contributed by atoms with van der Waals surface area (Å²) in [6.07, 6.45) is 9.06. The third kappa shape index (κ3) is 2.25. The van der Waals surface area contributed by atoms with Gasteiger partial charge in [0, 0.05) is 18.6 Å². The summed E-state index contributed by atoms with van der Waals surface area (Å²) in [5.41, 5.74) is 6.74. The van der Waals surface area contributed by atoms with Crippen molar-refractivity contribution >= 4 is 16.7 Å². The van der Waals surface area contributed by atoms with E-state index in [1.807, 2.05) is 12.2 Å².